The molecular formula is C19H20Cl2NO4+. The number of likely N-dealkylation sites (N-methyl/N-ethyl adjacent to an activating group) is 1. The smallest absolute Gasteiger partial charge is 0.177 e. The topological polar surface area (TPSA) is 63.4 Å². The summed E-state index contributed by atoms with van der Waals surface area (Å²) in [5.74, 6) is 0.492. The summed E-state index contributed by atoms with van der Waals surface area (Å²) in [7, 11) is 5.12. The molecule has 3 N–H and O–H groups in total. The van der Waals surface area contributed by atoms with E-state index in [9.17, 15) is 10.2 Å². The van der Waals surface area contributed by atoms with E-state index in [0.717, 1.165) is 40.8 Å². The zero-order valence-electron chi connectivity index (χ0n) is 14.7. The number of hydrogen-bond donors (Lipinski definition) is 3. The summed E-state index contributed by atoms with van der Waals surface area (Å²) in [6.07, 6.45) is 1.45. The Bertz CT molecular complexity index is 929. The Balaban J connectivity index is 2.15. The summed E-state index contributed by atoms with van der Waals surface area (Å²) >= 11 is 13.0. The van der Waals surface area contributed by atoms with Crippen LogP contribution in [0.5, 0.6) is 23.0 Å². The molecule has 2 aromatic carbocycles. The van der Waals surface area contributed by atoms with Crippen LogP contribution in [-0.4, -0.2) is 38.0 Å². The average Bonchev–Trinajstić information content (AvgIpc) is 2.64. The van der Waals surface area contributed by atoms with Gasteiger partial charge in [0.2, 0.25) is 0 Å². The molecule has 1 aliphatic carbocycles. The molecule has 1 aliphatic heterocycles. The van der Waals surface area contributed by atoms with Gasteiger partial charge >= 0.3 is 0 Å². The predicted molar refractivity (Wildman–Crippen MR) is 100 cm³/mol. The molecule has 0 aromatic heterocycles. The van der Waals surface area contributed by atoms with Crippen LogP contribution in [0, 0.1) is 0 Å². The molecule has 2 aromatic rings. The fraction of sp³-hybridized carbons (Fsp3) is 0.368. The second kappa shape index (κ2) is 6.12. The van der Waals surface area contributed by atoms with Crippen LogP contribution in [0.15, 0.2) is 6.07 Å². The van der Waals surface area contributed by atoms with Crippen molar-refractivity contribution < 1.29 is 24.6 Å². The Morgan fingerprint density at radius 1 is 1.08 bits per heavy atom. The minimum atomic E-state index is -0.0674. The minimum absolute atomic E-state index is 0.0581. The highest BCUT2D eigenvalue weighted by atomic mass is 35.5. The third-order valence-electron chi connectivity index (χ3n) is 5.63. The fourth-order valence-electron chi connectivity index (χ4n) is 4.30. The van der Waals surface area contributed by atoms with Gasteiger partial charge in [-0.15, -0.1) is 0 Å². The average molecular weight is 397 g/mol. The van der Waals surface area contributed by atoms with Crippen LogP contribution in [0.25, 0.3) is 11.1 Å². The summed E-state index contributed by atoms with van der Waals surface area (Å²) in [4.78, 5) is 1.33. The van der Waals surface area contributed by atoms with E-state index in [1.165, 1.54) is 19.1 Å². The predicted octanol–water partition coefficient (Wildman–Crippen LogP) is 2.76. The Labute approximate surface area is 161 Å². The first-order chi connectivity index (χ1) is 12.4. The zero-order valence-corrected chi connectivity index (χ0v) is 16.3. The van der Waals surface area contributed by atoms with E-state index in [4.69, 9.17) is 32.7 Å². The number of nitrogens with one attached hydrogen (secondary N) is 1. The first kappa shape index (κ1) is 17.6. The van der Waals surface area contributed by atoms with Gasteiger partial charge in [-0.2, -0.15) is 0 Å². The molecule has 0 spiro atoms. The van der Waals surface area contributed by atoms with E-state index in [0.29, 0.717) is 17.2 Å². The van der Waals surface area contributed by atoms with Crippen LogP contribution in [0.4, 0.5) is 0 Å². The number of fused-ring (bicyclic) bond motifs is 2. The first-order valence-corrected chi connectivity index (χ1v) is 9.18. The van der Waals surface area contributed by atoms with Gasteiger partial charge in [0, 0.05) is 24.0 Å². The maximum Gasteiger partial charge on any atom is 0.177 e. The number of aromatic hydroxyl groups is 2. The van der Waals surface area contributed by atoms with Crippen molar-refractivity contribution in [3.8, 4) is 34.1 Å². The van der Waals surface area contributed by atoms with Gasteiger partial charge in [0.05, 0.1) is 37.9 Å². The SMILES string of the molecule is COc1cc2c(c(Cl)c1O)CC1c3c(c(Cl)c(O)c(OC)c3-2)CC[NH+]1C. The molecule has 7 heteroatoms. The zero-order chi connectivity index (χ0) is 18.7. The molecule has 0 amide bonds. The summed E-state index contributed by atoms with van der Waals surface area (Å²) in [5.41, 5.74) is 4.47. The van der Waals surface area contributed by atoms with Crippen molar-refractivity contribution in [2.24, 2.45) is 0 Å². The summed E-state index contributed by atoms with van der Waals surface area (Å²) in [6, 6.07) is 1.88. The van der Waals surface area contributed by atoms with Crippen LogP contribution in [0.2, 0.25) is 10.0 Å². The van der Waals surface area contributed by atoms with Crippen LogP contribution >= 0.6 is 23.2 Å². The second-order valence-corrected chi connectivity index (χ2v) is 7.59. The fourth-order valence-corrected chi connectivity index (χ4v) is 4.86. The quantitative estimate of drug-likeness (QED) is 0.730. The summed E-state index contributed by atoms with van der Waals surface area (Å²) in [6.45, 7) is 0.900. The Morgan fingerprint density at radius 3 is 2.42 bits per heavy atom. The second-order valence-electron chi connectivity index (χ2n) is 6.83. The highest BCUT2D eigenvalue weighted by molar-refractivity contribution is 6.34. The maximum atomic E-state index is 10.6. The molecule has 138 valence electrons. The van der Waals surface area contributed by atoms with Gasteiger partial charge in [0.1, 0.15) is 6.04 Å². The van der Waals surface area contributed by atoms with E-state index in [2.05, 4.69) is 7.05 Å². The maximum absolute atomic E-state index is 10.6. The third kappa shape index (κ3) is 2.20. The largest absolute Gasteiger partial charge is 0.503 e. The molecule has 2 unspecified atom stereocenters. The van der Waals surface area contributed by atoms with Gasteiger partial charge in [-0.1, -0.05) is 23.2 Å². The van der Waals surface area contributed by atoms with Gasteiger partial charge in [0.15, 0.2) is 23.0 Å². The molecule has 0 saturated heterocycles. The van der Waals surface area contributed by atoms with Crippen LogP contribution < -0.4 is 14.4 Å². The minimum Gasteiger partial charge on any atom is -0.503 e. The van der Waals surface area contributed by atoms with Crippen LogP contribution in [0.1, 0.15) is 22.7 Å². The normalized spacial score (nSPS) is 20.3. The van der Waals surface area contributed by atoms with E-state index in [1.54, 1.807) is 6.07 Å². The van der Waals surface area contributed by atoms with Crippen LogP contribution in [-0.2, 0) is 12.8 Å². The van der Waals surface area contributed by atoms with E-state index in [1.807, 2.05) is 0 Å². The standard InChI is InChI=1S/C19H19Cl2NO4/c1-22-5-4-8-13-11(22)6-10-9(7-12(25-2)17(23)16(10)21)14(13)19(26-3)18(24)15(8)20/h7,11,23-24H,4-6H2,1-3H3/p+1. The number of benzene rings is 2. The van der Waals surface area contributed by atoms with Gasteiger partial charge in [-0.3, -0.25) is 0 Å². The van der Waals surface area contributed by atoms with Crippen molar-refractivity contribution in [1.82, 2.24) is 0 Å². The number of rotatable bonds is 2. The molecular weight excluding hydrogens is 377 g/mol. The van der Waals surface area contributed by atoms with Crippen molar-refractivity contribution in [2.45, 2.75) is 18.9 Å². The third-order valence-corrected chi connectivity index (χ3v) is 6.44. The number of halogens is 2. The Kier molecular flexibility index (Phi) is 4.14. The molecule has 2 aliphatic rings. The molecule has 5 nitrogen and oxygen atoms in total. The molecule has 0 radical (unpaired) electrons. The first-order valence-electron chi connectivity index (χ1n) is 8.42. The molecule has 0 fully saturated rings. The molecule has 1 heterocycles. The Hall–Kier alpha value is -1.82. The molecule has 4 rings (SSSR count). The van der Waals surface area contributed by atoms with E-state index >= 15 is 0 Å². The van der Waals surface area contributed by atoms with Gasteiger partial charge in [-0.25, -0.2) is 0 Å². The lowest BCUT2D eigenvalue weighted by molar-refractivity contribution is -0.914. The highest BCUT2D eigenvalue weighted by Gasteiger charge is 2.41. The van der Waals surface area contributed by atoms with E-state index < -0.39 is 0 Å². The summed E-state index contributed by atoms with van der Waals surface area (Å²) in [5, 5.41) is 21.6. The number of hydrogen-bond acceptors (Lipinski definition) is 4. The lowest BCUT2D eigenvalue weighted by Gasteiger charge is -2.38. The summed E-state index contributed by atoms with van der Waals surface area (Å²) < 4.78 is 10.8. The molecule has 0 bridgehead atoms. The monoisotopic (exact) mass is 396 g/mol. The van der Waals surface area contributed by atoms with E-state index in [-0.39, 0.29) is 28.3 Å². The van der Waals surface area contributed by atoms with Crippen molar-refractivity contribution in [3.05, 3.63) is 32.8 Å². The number of quaternary nitrogens is 1. The number of phenolic OH excluding ortho intramolecular Hbond substituents is 2. The van der Waals surface area contributed by atoms with Crippen molar-refractivity contribution in [3.63, 3.8) is 0 Å². The number of phenols is 2. The molecule has 26 heavy (non-hydrogen) atoms. The van der Waals surface area contributed by atoms with Crippen molar-refractivity contribution >= 4 is 23.2 Å². The van der Waals surface area contributed by atoms with Gasteiger partial charge in [0.25, 0.3) is 0 Å². The van der Waals surface area contributed by atoms with Gasteiger partial charge < -0.3 is 24.6 Å². The van der Waals surface area contributed by atoms with Crippen LogP contribution in [0.3, 0.4) is 0 Å². The van der Waals surface area contributed by atoms with Gasteiger partial charge in [-0.05, 0) is 22.8 Å². The lowest BCUT2D eigenvalue weighted by Crippen LogP contribution is -3.10. The highest BCUT2D eigenvalue weighted by Crippen LogP contribution is 2.56. The molecule has 0 saturated carbocycles. The Morgan fingerprint density at radius 2 is 1.77 bits per heavy atom. The number of methoxy groups -OCH3 is 2. The number of ether oxygens (including phenoxy) is 2. The lowest BCUT2D eigenvalue weighted by atomic mass is 9.76. The van der Waals surface area contributed by atoms with Crippen molar-refractivity contribution in [2.75, 3.05) is 27.8 Å². The van der Waals surface area contributed by atoms with Crippen molar-refractivity contribution in [1.29, 1.82) is 0 Å². The molecule has 2 atom stereocenters.